The van der Waals surface area contributed by atoms with Crippen molar-refractivity contribution in [2.24, 2.45) is 11.5 Å². The van der Waals surface area contributed by atoms with Crippen molar-refractivity contribution >= 4 is 11.9 Å². The fraction of sp³-hybridized carbons (Fsp3) is 0.714. The minimum absolute atomic E-state index is 0.464. The number of likely N-dealkylation sites (tertiary alicyclic amines) is 1. The van der Waals surface area contributed by atoms with Gasteiger partial charge < -0.3 is 16.4 Å². The van der Waals surface area contributed by atoms with Crippen LogP contribution >= 0.6 is 0 Å². The molecule has 0 saturated carbocycles. The van der Waals surface area contributed by atoms with E-state index in [4.69, 9.17) is 11.5 Å². The number of carbonyl (C=O) groups excluding carboxylic acids is 2. The Balaban J connectivity index is 2.67. The maximum atomic E-state index is 10.8. The highest BCUT2D eigenvalue weighted by Crippen LogP contribution is 2.15. The lowest BCUT2D eigenvalue weighted by atomic mass is 10.0. The second kappa shape index (κ2) is 3.42. The molecule has 5 nitrogen and oxygen atoms in total. The molecule has 0 aliphatic carbocycles. The van der Waals surface area contributed by atoms with Gasteiger partial charge in [0.15, 0.2) is 0 Å². The number of nitrogens with two attached hydrogens (primary N) is 2. The van der Waals surface area contributed by atoms with Gasteiger partial charge in [0, 0.05) is 6.54 Å². The molecule has 1 rings (SSSR count). The average molecular weight is 171 g/mol. The summed E-state index contributed by atoms with van der Waals surface area (Å²) in [5.74, 6) is -0.464. The number of carbonyl (C=O) groups is 2. The van der Waals surface area contributed by atoms with Crippen LogP contribution in [0.4, 0.5) is 4.79 Å². The van der Waals surface area contributed by atoms with Gasteiger partial charge in [-0.2, -0.15) is 0 Å². The van der Waals surface area contributed by atoms with E-state index < -0.39 is 18.0 Å². The molecule has 1 aliphatic rings. The summed E-state index contributed by atoms with van der Waals surface area (Å²) in [5, 5.41) is 0. The van der Waals surface area contributed by atoms with Gasteiger partial charge in [0.25, 0.3) is 0 Å². The van der Waals surface area contributed by atoms with Gasteiger partial charge in [-0.3, -0.25) is 4.79 Å². The van der Waals surface area contributed by atoms with Crippen LogP contribution in [0.25, 0.3) is 0 Å². The van der Waals surface area contributed by atoms with E-state index >= 15 is 0 Å². The van der Waals surface area contributed by atoms with Gasteiger partial charge in [-0.05, 0) is 19.3 Å². The maximum absolute atomic E-state index is 10.8. The van der Waals surface area contributed by atoms with Crippen molar-refractivity contribution in [3.05, 3.63) is 0 Å². The molecule has 0 aromatic heterocycles. The highest BCUT2D eigenvalue weighted by Gasteiger charge is 2.28. The lowest BCUT2D eigenvalue weighted by Gasteiger charge is -2.31. The Morgan fingerprint density at radius 1 is 1.25 bits per heavy atom. The largest absolute Gasteiger partial charge is 0.368 e. The number of rotatable bonds is 1. The summed E-state index contributed by atoms with van der Waals surface area (Å²) in [7, 11) is 0. The van der Waals surface area contributed by atoms with Crippen LogP contribution in [0, 0.1) is 0 Å². The predicted octanol–water partition coefficient (Wildman–Crippen LogP) is -0.595. The third-order valence-corrected chi connectivity index (χ3v) is 2.11. The first-order chi connectivity index (χ1) is 5.63. The summed E-state index contributed by atoms with van der Waals surface area (Å²) >= 11 is 0. The van der Waals surface area contributed by atoms with Crippen LogP contribution in [0.3, 0.4) is 0 Å². The van der Waals surface area contributed by atoms with Gasteiger partial charge in [0.2, 0.25) is 5.91 Å². The van der Waals surface area contributed by atoms with Crippen molar-refractivity contribution < 1.29 is 9.59 Å². The number of hydrogen-bond donors (Lipinski definition) is 2. The lowest BCUT2D eigenvalue weighted by Crippen LogP contribution is -2.52. The standard InChI is InChI=1S/C7H13N3O2/c8-6(11)5-3-1-2-4-10(5)7(9)12/h5H,1-4H2,(H2,8,11)(H2,9,12)/t5-/m0/s1. The van der Waals surface area contributed by atoms with Crippen LogP contribution in [0.15, 0.2) is 0 Å². The third kappa shape index (κ3) is 1.66. The molecular formula is C7H13N3O2. The molecular weight excluding hydrogens is 158 g/mol. The second-order valence-corrected chi connectivity index (χ2v) is 2.95. The predicted molar refractivity (Wildman–Crippen MR) is 43.1 cm³/mol. The quantitative estimate of drug-likeness (QED) is 0.552. The van der Waals surface area contributed by atoms with Crippen LogP contribution in [-0.4, -0.2) is 29.4 Å². The van der Waals surface area contributed by atoms with E-state index in [9.17, 15) is 9.59 Å². The van der Waals surface area contributed by atoms with Gasteiger partial charge in [-0.1, -0.05) is 0 Å². The van der Waals surface area contributed by atoms with Gasteiger partial charge >= 0.3 is 6.03 Å². The maximum Gasteiger partial charge on any atom is 0.315 e. The first-order valence-electron chi connectivity index (χ1n) is 3.98. The monoisotopic (exact) mass is 171 g/mol. The number of hydrogen-bond acceptors (Lipinski definition) is 2. The summed E-state index contributed by atoms with van der Waals surface area (Å²) in [6.45, 7) is 0.545. The summed E-state index contributed by atoms with van der Waals surface area (Å²) in [4.78, 5) is 23.0. The molecule has 1 atom stereocenters. The summed E-state index contributed by atoms with van der Waals surface area (Å²) in [6, 6.07) is -1.05. The lowest BCUT2D eigenvalue weighted by molar-refractivity contribution is -0.123. The molecule has 5 heteroatoms. The first kappa shape index (κ1) is 8.83. The van der Waals surface area contributed by atoms with E-state index in [1.54, 1.807) is 0 Å². The Kier molecular flexibility index (Phi) is 2.52. The molecule has 68 valence electrons. The number of nitrogens with zero attached hydrogens (tertiary/aromatic N) is 1. The highest BCUT2D eigenvalue weighted by molar-refractivity contribution is 5.85. The zero-order valence-electron chi connectivity index (χ0n) is 6.82. The Morgan fingerprint density at radius 3 is 2.33 bits per heavy atom. The van der Waals surface area contributed by atoms with Crippen molar-refractivity contribution in [3.8, 4) is 0 Å². The van der Waals surface area contributed by atoms with Crippen LogP contribution in [0.2, 0.25) is 0 Å². The highest BCUT2D eigenvalue weighted by atomic mass is 16.2. The molecule has 0 aromatic rings. The smallest absolute Gasteiger partial charge is 0.315 e. The first-order valence-corrected chi connectivity index (χ1v) is 3.98. The Hall–Kier alpha value is -1.26. The minimum Gasteiger partial charge on any atom is -0.368 e. The molecule has 0 unspecified atom stereocenters. The van der Waals surface area contributed by atoms with Crippen molar-refractivity contribution in [1.29, 1.82) is 0 Å². The van der Waals surface area contributed by atoms with Gasteiger partial charge in [0.05, 0.1) is 0 Å². The van der Waals surface area contributed by atoms with Crippen molar-refractivity contribution in [3.63, 3.8) is 0 Å². The normalized spacial score (nSPS) is 23.7. The molecule has 3 amide bonds. The molecule has 0 radical (unpaired) electrons. The van der Waals surface area contributed by atoms with Crippen molar-refractivity contribution in [2.75, 3.05) is 6.54 Å². The van der Waals surface area contributed by atoms with E-state index in [2.05, 4.69) is 0 Å². The molecule has 0 aromatic carbocycles. The summed E-state index contributed by atoms with van der Waals surface area (Å²) in [5.41, 5.74) is 10.2. The number of piperidine rings is 1. The number of amides is 3. The molecule has 4 N–H and O–H groups in total. The molecule has 0 spiro atoms. The SMILES string of the molecule is NC(=O)[C@@H]1CCCCN1C(N)=O. The van der Waals surface area contributed by atoms with Crippen LogP contribution in [0.1, 0.15) is 19.3 Å². The minimum atomic E-state index is -0.557. The van der Waals surface area contributed by atoms with E-state index in [0.717, 1.165) is 12.8 Å². The Bertz CT molecular complexity index is 183. The zero-order chi connectivity index (χ0) is 9.14. The van der Waals surface area contributed by atoms with E-state index in [1.165, 1.54) is 4.90 Å². The molecule has 1 heterocycles. The van der Waals surface area contributed by atoms with Gasteiger partial charge in [-0.15, -0.1) is 0 Å². The molecule has 12 heavy (non-hydrogen) atoms. The molecule has 1 saturated heterocycles. The van der Waals surface area contributed by atoms with Gasteiger partial charge in [-0.25, -0.2) is 4.79 Å². The van der Waals surface area contributed by atoms with Crippen LogP contribution < -0.4 is 11.5 Å². The second-order valence-electron chi connectivity index (χ2n) is 2.95. The van der Waals surface area contributed by atoms with Crippen molar-refractivity contribution in [1.82, 2.24) is 4.90 Å². The Labute approximate surface area is 70.7 Å². The van der Waals surface area contributed by atoms with Crippen molar-refractivity contribution in [2.45, 2.75) is 25.3 Å². The number of primary amides is 2. The van der Waals surface area contributed by atoms with E-state index in [-0.39, 0.29) is 0 Å². The zero-order valence-corrected chi connectivity index (χ0v) is 6.82. The van der Waals surface area contributed by atoms with Crippen LogP contribution in [-0.2, 0) is 4.79 Å². The third-order valence-electron chi connectivity index (χ3n) is 2.11. The summed E-state index contributed by atoms with van der Waals surface area (Å²) in [6.07, 6.45) is 2.46. The number of urea groups is 1. The fourth-order valence-electron chi connectivity index (χ4n) is 1.49. The fourth-order valence-corrected chi connectivity index (χ4v) is 1.49. The van der Waals surface area contributed by atoms with E-state index in [1.807, 2.05) is 0 Å². The Morgan fingerprint density at radius 2 is 1.92 bits per heavy atom. The molecule has 1 fully saturated rings. The average Bonchev–Trinajstić information content (AvgIpc) is 2.04. The molecule has 1 aliphatic heterocycles. The molecule has 0 bridgehead atoms. The topological polar surface area (TPSA) is 89.4 Å². The van der Waals surface area contributed by atoms with Gasteiger partial charge in [0.1, 0.15) is 6.04 Å². The van der Waals surface area contributed by atoms with Crippen LogP contribution in [0.5, 0.6) is 0 Å². The van der Waals surface area contributed by atoms with E-state index in [0.29, 0.717) is 13.0 Å². The summed E-state index contributed by atoms with van der Waals surface area (Å²) < 4.78 is 0.